The van der Waals surface area contributed by atoms with Crippen LogP contribution in [0.1, 0.15) is 37.0 Å². The molecule has 0 aliphatic carbocycles. The number of likely N-dealkylation sites (tertiary alicyclic amines) is 1. The minimum atomic E-state index is -0.0414. The first-order valence-corrected chi connectivity index (χ1v) is 6.98. The zero-order chi connectivity index (χ0) is 12.6. The van der Waals surface area contributed by atoms with Crippen molar-refractivity contribution in [3.8, 4) is 0 Å². The number of piperidine rings is 1. The van der Waals surface area contributed by atoms with E-state index in [0.29, 0.717) is 21.3 Å². The lowest BCUT2D eigenvalue weighted by molar-refractivity contribution is 0.0454. The maximum absolute atomic E-state index is 12.3. The Morgan fingerprint density at radius 2 is 2.12 bits per heavy atom. The third-order valence-corrected chi connectivity index (χ3v) is 4.45. The maximum Gasteiger partial charge on any atom is 0.285 e. The highest BCUT2D eigenvalue weighted by molar-refractivity contribution is 7.17. The third kappa shape index (κ3) is 2.60. The van der Waals surface area contributed by atoms with Gasteiger partial charge in [-0.15, -0.1) is 10.2 Å². The lowest BCUT2D eigenvalue weighted by atomic mass is 9.86. The van der Waals surface area contributed by atoms with Crippen LogP contribution in [0.3, 0.4) is 0 Å². The fourth-order valence-electron chi connectivity index (χ4n) is 2.40. The molecule has 1 aromatic rings. The van der Waals surface area contributed by atoms with Gasteiger partial charge < -0.3 is 4.90 Å². The van der Waals surface area contributed by atoms with Crippen LogP contribution in [0.5, 0.6) is 0 Å². The number of halogens is 1. The molecular formula is C11H16ClN3OS. The van der Waals surface area contributed by atoms with Crippen LogP contribution in [-0.2, 0) is 0 Å². The first-order valence-electron chi connectivity index (χ1n) is 5.79. The number of carbonyl (C=O) groups is 1. The van der Waals surface area contributed by atoms with Crippen molar-refractivity contribution in [2.75, 3.05) is 6.54 Å². The molecule has 0 spiro atoms. The highest BCUT2D eigenvalue weighted by Crippen LogP contribution is 2.29. The van der Waals surface area contributed by atoms with Gasteiger partial charge in [0.1, 0.15) is 0 Å². The Kier molecular flexibility index (Phi) is 3.68. The maximum atomic E-state index is 12.3. The second-order valence-corrected chi connectivity index (χ2v) is 6.44. The molecule has 17 heavy (non-hydrogen) atoms. The quantitative estimate of drug-likeness (QED) is 0.790. The van der Waals surface area contributed by atoms with Crippen molar-refractivity contribution in [2.45, 2.75) is 33.2 Å². The van der Waals surface area contributed by atoms with Crippen LogP contribution in [0.4, 0.5) is 0 Å². The highest BCUT2D eigenvalue weighted by atomic mass is 35.5. The second kappa shape index (κ2) is 4.90. The second-order valence-electron chi connectivity index (χ2n) is 4.88. The molecule has 0 aromatic carbocycles. The predicted molar refractivity (Wildman–Crippen MR) is 68.4 cm³/mol. The average Bonchev–Trinajstić information content (AvgIpc) is 2.69. The molecule has 1 fully saturated rings. The Morgan fingerprint density at radius 1 is 1.41 bits per heavy atom. The van der Waals surface area contributed by atoms with Gasteiger partial charge in [0.15, 0.2) is 0 Å². The summed E-state index contributed by atoms with van der Waals surface area (Å²) >= 11 is 6.86. The van der Waals surface area contributed by atoms with Gasteiger partial charge in [-0.05, 0) is 36.8 Å². The lowest BCUT2D eigenvalue weighted by Crippen LogP contribution is -2.48. The van der Waals surface area contributed by atoms with Crippen molar-refractivity contribution in [1.82, 2.24) is 15.1 Å². The fourth-order valence-corrected chi connectivity index (χ4v) is 3.18. The zero-order valence-electron chi connectivity index (χ0n) is 10.2. The summed E-state index contributed by atoms with van der Waals surface area (Å²) in [5.74, 6) is 1.01. The van der Waals surface area contributed by atoms with Gasteiger partial charge in [-0.2, -0.15) is 0 Å². The van der Waals surface area contributed by atoms with Crippen molar-refractivity contribution >= 4 is 28.8 Å². The molecule has 1 aliphatic rings. The van der Waals surface area contributed by atoms with Crippen LogP contribution in [0.15, 0.2) is 0 Å². The van der Waals surface area contributed by atoms with E-state index in [2.05, 4.69) is 31.0 Å². The van der Waals surface area contributed by atoms with Gasteiger partial charge in [0, 0.05) is 12.6 Å². The summed E-state index contributed by atoms with van der Waals surface area (Å²) in [4.78, 5) is 14.2. The molecule has 1 amide bonds. The molecular weight excluding hydrogens is 258 g/mol. The summed E-state index contributed by atoms with van der Waals surface area (Å²) < 4.78 is 0.319. The zero-order valence-corrected chi connectivity index (χ0v) is 11.8. The first kappa shape index (κ1) is 12.8. The van der Waals surface area contributed by atoms with E-state index in [1.54, 1.807) is 0 Å². The van der Waals surface area contributed by atoms with Crippen molar-refractivity contribution in [3.63, 3.8) is 0 Å². The van der Waals surface area contributed by atoms with Crippen LogP contribution in [0.2, 0.25) is 4.47 Å². The monoisotopic (exact) mass is 273 g/mol. The Labute approximate surface area is 110 Å². The summed E-state index contributed by atoms with van der Waals surface area (Å²) in [7, 11) is 0. The summed E-state index contributed by atoms with van der Waals surface area (Å²) in [5.41, 5.74) is 0. The summed E-state index contributed by atoms with van der Waals surface area (Å²) in [5, 5.41) is 7.89. The molecule has 0 N–H and O–H groups in total. The summed E-state index contributed by atoms with van der Waals surface area (Å²) in [6.45, 7) is 7.25. The van der Waals surface area contributed by atoms with Gasteiger partial charge in [0.2, 0.25) is 9.47 Å². The highest BCUT2D eigenvalue weighted by Gasteiger charge is 2.33. The van der Waals surface area contributed by atoms with Crippen LogP contribution >= 0.6 is 22.9 Å². The van der Waals surface area contributed by atoms with Gasteiger partial charge in [-0.1, -0.05) is 25.2 Å². The molecule has 4 nitrogen and oxygen atoms in total. The van der Waals surface area contributed by atoms with Gasteiger partial charge >= 0.3 is 0 Å². The molecule has 2 heterocycles. The van der Waals surface area contributed by atoms with Gasteiger partial charge in [-0.3, -0.25) is 4.79 Å². The van der Waals surface area contributed by atoms with Crippen LogP contribution < -0.4 is 0 Å². The Hall–Kier alpha value is -0.680. The van der Waals surface area contributed by atoms with Gasteiger partial charge in [0.25, 0.3) is 5.91 Å². The Morgan fingerprint density at radius 3 is 2.71 bits per heavy atom. The average molecular weight is 274 g/mol. The van der Waals surface area contributed by atoms with Gasteiger partial charge in [-0.25, -0.2) is 0 Å². The van der Waals surface area contributed by atoms with E-state index in [1.165, 1.54) is 6.42 Å². The Bertz CT molecular complexity index is 423. The standard InChI is InChI=1S/C11H16ClN3OS/c1-6-4-7(2)8(3)15(5-6)10(16)9-13-14-11(12)17-9/h6-8H,4-5H2,1-3H3. The molecule has 3 atom stereocenters. The largest absolute Gasteiger partial charge is 0.333 e. The van der Waals surface area contributed by atoms with E-state index in [9.17, 15) is 4.79 Å². The van der Waals surface area contributed by atoms with Crippen molar-refractivity contribution in [3.05, 3.63) is 9.47 Å². The molecule has 3 unspecified atom stereocenters. The van der Waals surface area contributed by atoms with Crippen LogP contribution in [0.25, 0.3) is 0 Å². The molecule has 6 heteroatoms. The number of aromatic nitrogens is 2. The molecule has 94 valence electrons. The minimum absolute atomic E-state index is 0.0414. The normalized spacial score (nSPS) is 29.4. The Balaban J connectivity index is 2.18. The number of amides is 1. The van der Waals surface area contributed by atoms with Crippen molar-refractivity contribution in [2.24, 2.45) is 11.8 Å². The van der Waals surface area contributed by atoms with Crippen LogP contribution in [0, 0.1) is 11.8 Å². The number of nitrogens with zero attached hydrogens (tertiary/aromatic N) is 3. The van der Waals surface area contributed by atoms with E-state index in [-0.39, 0.29) is 11.9 Å². The van der Waals surface area contributed by atoms with Crippen molar-refractivity contribution < 1.29 is 4.79 Å². The van der Waals surface area contributed by atoms with E-state index in [4.69, 9.17) is 11.6 Å². The molecule has 1 aromatic heterocycles. The van der Waals surface area contributed by atoms with E-state index >= 15 is 0 Å². The molecule has 0 saturated carbocycles. The third-order valence-electron chi connectivity index (χ3n) is 3.44. The summed E-state index contributed by atoms with van der Waals surface area (Å²) in [6.07, 6.45) is 1.17. The first-order chi connectivity index (χ1) is 7.99. The van der Waals surface area contributed by atoms with Crippen LogP contribution in [-0.4, -0.2) is 33.6 Å². The van der Waals surface area contributed by atoms with Crippen molar-refractivity contribution in [1.29, 1.82) is 0 Å². The lowest BCUT2D eigenvalue weighted by Gasteiger charge is -2.40. The molecule has 2 rings (SSSR count). The smallest absolute Gasteiger partial charge is 0.285 e. The van der Waals surface area contributed by atoms with E-state index < -0.39 is 0 Å². The molecule has 0 radical (unpaired) electrons. The molecule has 1 saturated heterocycles. The number of hydrogen-bond acceptors (Lipinski definition) is 4. The van der Waals surface area contributed by atoms with E-state index in [0.717, 1.165) is 17.9 Å². The SMILES string of the molecule is CC1CC(C)C(C)N(C(=O)c2nnc(Cl)s2)C1. The molecule has 0 bridgehead atoms. The predicted octanol–water partition coefficient (Wildman–Crippen LogP) is 2.70. The number of hydrogen-bond donors (Lipinski definition) is 0. The van der Waals surface area contributed by atoms with E-state index in [1.807, 2.05) is 4.90 Å². The number of rotatable bonds is 1. The molecule has 1 aliphatic heterocycles. The minimum Gasteiger partial charge on any atom is -0.333 e. The summed E-state index contributed by atoms with van der Waals surface area (Å²) in [6, 6.07) is 0.251. The van der Waals surface area contributed by atoms with Gasteiger partial charge in [0.05, 0.1) is 0 Å². The topological polar surface area (TPSA) is 46.1 Å². The number of carbonyl (C=O) groups excluding carboxylic acids is 1. The fraction of sp³-hybridized carbons (Fsp3) is 0.727.